The molecule has 0 unspecified atom stereocenters. The molecule has 2 aliphatic rings. The van der Waals surface area contributed by atoms with E-state index < -0.39 is 0 Å². The fraction of sp³-hybridized carbons (Fsp3) is 0.556. The van der Waals surface area contributed by atoms with E-state index in [1.54, 1.807) is 23.3 Å². The zero-order valence-electron chi connectivity index (χ0n) is 18.5. The first-order valence-corrected chi connectivity index (χ1v) is 11.4. The minimum absolute atomic E-state index is 0.162. The average molecular weight is 394 g/mol. The molecule has 0 aromatic heterocycles. The van der Waals surface area contributed by atoms with Gasteiger partial charge in [0.15, 0.2) is 0 Å². The van der Waals surface area contributed by atoms with Crippen molar-refractivity contribution in [2.24, 2.45) is 11.3 Å². The molecule has 0 bridgehead atoms. The molecule has 0 radical (unpaired) electrons. The maximum atomic E-state index is 13.2. The Hall–Kier alpha value is -1.67. The third-order valence-electron chi connectivity index (χ3n) is 7.94. The topological polar surface area (TPSA) is 12.0 Å². The molecule has 2 aliphatic carbocycles. The number of fused-ring (bicyclic) bond motifs is 3. The van der Waals surface area contributed by atoms with Crippen LogP contribution in [0.5, 0.6) is 0 Å². The summed E-state index contributed by atoms with van der Waals surface area (Å²) in [5.41, 5.74) is 6.44. The van der Waals surface area contributed by atoms with Crippen LogP contribution >= 0.6 is 0 Å². The Morgan fingerprint density at radius 3 is 2.55 bits per heavy atom. The summed E-state index contributed by atoms with van der Waals surface area (Å²) in [5.74, 6) is 1.14. The van der Waals surface area contributed by atoms with E-state index in [1.165, 1.54) is 37.7 Å². The minimum Gasteiger partial charge on any atom is -0.312 e. The fourth-order valence-electron chi connectivity index (χ4n) is 6.31. The first kappa shape index (κ1) is 20.6. The number of aryl methyl sites for hydroxylation is 1. The Labute approximate surface area is 176 Å². The van der Waals surface area contributed by atoms with Gasteiger partial charge in [0.1, 0.15) is 5.82 Å². The molecule has 2 aromatic rings. The molecular weight excluding hydrogens is 357 g/mol. The lowest BCUT2D eigenvalue weighted by Crippen LogP contribution is -2.52. The van der Waals surface area contributed by atoms with E-state index in [2.05, 4.69) is 51.2 Å². The quantitative estimate of drug-likeness (QED) is 0.592. The molecule has 2 aromatic carbocycles. The first-order valence-electron chi connectivity index (χ1n) is 11.4. The van der Waals surface area contributed by atoms with Crippen molar-refractivity contribution in [3.05, 3.63) is 70.5 Å². The van der Waals surface area contributed by atoms with Crippen molar-refractivity contribution < 1.29 is 4.39 Å². The molecule has 0 saturated heterocycles. The molecule has 156 valence electrons. The van der Waals surface area contributed by atoms with Crippen molar-refractivity contribution in [2.75, 3.05) is 6.54 Å². The second kappa shape index (κ2) is 7.87. The SMILES string of the molecule is CC(C)c1ccc2c(c1)CC[C@@H]1[C@@](C)(CNCc3ccc(F)cc3)CCC[C@@]21C. The highest BCUT2D eigenvalue weighted by atomic mass is 19.1. The smallest absolute Gasteiger partial charge is 0.123 e. The summed E-state index contributed by atoms with van der Waals surface area (Å²) in [4.78, 5) is 0. The van der Waals surface area contributed by atoms with E-state index in [-0.39, 0.29) is 11.2 Å². The van der Waals surface area contributed by atoms with E-state index in [1.807, 2.05) is 12.1 Å². The molecule has 1 N–H and O–H groups in total. The standard InChI is InChI=1S/C27H36FN/c1-19(2)21-8-12-24-22(16-21)9-13-25-26(3,14-5-15-27(24,25)4)18-29-17-20-6-10-23(28)11-7-20/h6-8,10-12,16,19,25,29H,5,9,13-15,17-18H2,1-4H3/t25-,26-,27+/m1/s1. The maximum Gasteiger partial charge on any atom is 0.123 e. The number of halogens is 1. The van der Waals surface area contributed by atoms with Gasteiger partial charge in [0.2, 0.25) is 0 Å². The van der Waals surface area contributed by atoms with Crippen molar-refractivity contribution >= 4 is 0 Å². The van der Waals surface area contributed by atoms with Crippen molar-refractivity contribution in [1.82, 2.24) is 5.32 Å². The fourth-order valence-corrected chi connectivity index (χ4v) is 6.31. The largest absolute Gasteiger partial charge is 0.312 e. The zero-order chi connectivity index (χ0) is 20.6. The lowest BCUT2D eigenvalue weighted by molar-refractivity contribution is 0.0257. The Bertz CT molecular complexity index is 855. The summed E-state index contributed by atoms with van der Waals surface area (Å²) in [6.07, 6.45) is 6.40. The van der Waals surface area contributed by atoms with Gasteiger partial charge in [-0.3, -0.25) is 0 Å². The van der Waals surface area contributed by atoms with Gasteiger partial charge in [0.25, 0.3) is 0 Å². The van der Waals surface area contributed by atoms with E-state index >= 15 is 0 Å². The molecule has 2 heteroatoms. The van der Waals surface area contributed by atoms with Crippen LogP contribution in [0, 0.1) is 17.2 Å². The molecule has 0 aliphatic heterocycles. The molecule has 4 rings (SSSR count). The molecule has 3 atom stereocenters. The highest BCUT2D eigenvalue weighted by molar-refractivity contribution is 5.42. The monoisotopic (exact) mass is 393 g/mol. The van der Waals surface area contributed by atoms with Crippen LogP contribution in [0.3, 0.4) is 0 Å². The maximum absolute atomic E-state index is 13.2. The molecule has 0 heterocycles. The normalized spacial score (nSPS) is 28.8. The summed E-state index contributed by atoms with van der Waals surface area (Å²) in [6.45, 7) is 11.5. The average Bonchev–Trinajstić information content (AvgIpc) is 2.69. The Balaban J connectivity index is 1.52. The molecule has 1 fully saturated rings. The number of nitrogens with one attached hydrogen (secondary N) is 1. The summed E-state index contributed by atoms with van der Waals surface area (Å²) < 4.78 is 13.2. The zero-order valence-corrected chi connectivity index (χ0v) is 18.5. The van der Waals surface area contributed by atoms with Gasteiger partial charge in [-0.25, -0.2) is 4.39 Å². The predicted molar refractivity (Wildman–Crippen MR) is 120 cm³/mol. The van der Waals surface area contributed by atoms with E-state index in [4.69, 9.17) is 0 Å². The van der Waals surface area contributed by atoms with Crippen LogP contribution in [-0.4, -0.2) is 6.54 Å². The van der Waals surface area contributed by atoms with Crippen LogP contribution in [0.4, 0.5) is 4.39 Å². The second-order valence-corrected chi connectivity index (χ2v) is 10.3. The van der Waals surface area contributed by atoms with Gasteiger partial charge in [-0.15, -0.1) is 0 Å². The van der Waals surface area contributed by atoms with Crippen LogP contribution in [0.15, 0.2) is 42.5 Å². The Morgan fingerprint density at radius 2 is 1.83 bits per heavy atom. The molecule has 0 amide bonds. The molecular formula is C27H36FN. The second-order valence-electron chi connectivity index (χ2n) is 10.3. The third kappa shape index (κ3) is 3.89. The Kier molecular flexibility index (Phi) is 5.59. The summed E-state index contributed by atoms with van der Waals surface area (Å²) in [7, 11) is 0. The van der Waals surface area contributed by atoms with Crippen LogP contribution in [0.1, 0.15) is 81.5 Å². The highest BCUT2D eigenvalue weighted by Gasteiger charge is 2.51. The molecule has 1 nitrogen and oxygen atoms in total. The van der Waals surface area contributed by atoms with Crippen LogP contribution in [-0.2, 0) is 18.4 Å². The van der Waals surface area contributed by atoms with Gasteiger partial charge in [-0.05, 0) is 82.7 Å². The minimum atomic E-state index is -0.162. The number of rotatable bonds is 5. The highest BCUT2D eigenvalue weighted by Crippen LogP contribution is 2.57. The van der Waals surface area contributed by atoms with Crippen molar-refractivity contribution in [1.29, 1.82) is 0 Å². The van der Waals surface area contributed by atoms with Crippen LogP contribution < -0.4 is 5.32 Å². The summed E-state index contributed by atoms with van der Waals surface area (Å²) >= 11 is 0. The van der Waals surface area contributed by atoms with Gasteiger partial charge in [-0.1, -0.05) is 64.4 Å². The Morgan fingerprint density at radius 1 is 1.07 bits per heavy atom. The van der Waals surface area contributed by atoms with E-state index in [9.17, 15) is 4.39 Å². The van der Waals surface area contributed by atoms with Crippen LogP contribution in [0.2, 0.25) is 0 Å². The lowest BCUT2D eigenvalue weighted by atomic mass is 9.49. The van der Waals surface area contributed by atoms with Crippen LogP contribution in [0.25, 0.3) is 0 Å². The van der Waals surface area contributed by atoms with Gasteiger partial charge >= 0.3 is 0 Å². The summed E-state index contributed by atoms with van der Waals surface area (Å²) in [6, 6.07) is 14.2. The molecule has 29 heavy (non-hydrogen) atoms. The number of hydrogen-bond donors (Lipinski definition) is 1. The number of benzene rings is 2. The van der Waals surface area contributed by atoms with Crippen molar-refractivity contribution in [2.45, 2.75) is 77.7 Å². The first-order chi connectivity index (χ1) is 13.8. The van der Waals surface area contributed by atoms with Crippen molar-refractivity contribution in [3.8, 4) is 0 Å². The van der Waals surface area contributed by atoms with E-state index in [0.717, 1.165) is 18.7 Å². The van der Waals surface area contributed by atoms with Gasteiger partial charge < -0.3 is 5.32 Å². The van der Waals surface area contributed by atoms with Crippen molar-refractivity contribution in [3.63, 3.8) is 0 Å². The van der Waals surface area contributed by atoms with Gasteiger partial charge in [0, 0.05) is 13.1 Å². The lowest BCUT2D eigenvalue weighted by Gasteiger charge is -2.55. The van der Waals surface area contributed by atoms with E-state index in [0.29, 0.717) is 17.3 Å². The predicted octanol–water partition coefficient (Wildman–Crippen LogP) is 6.75. The summed E-state index contributed by atoms with van der Waals surface area (Å²) in [5, 5.41) is 3.71. The van der Waals surface area contributed by atoms with Gasteiger partial charge in [0.05, 0.1) is 0 Å². The molecule has 1 saturated carbocycles. The van der Waals surface area contributed by atoms with Gasteiger partial charge in [-0.2, -0.15) is 0 Å². The number of hydrogen-bond acceptors (Lipinski definition) is 1. The third-order valence-corrected chi connectivity index (χ3v) is 7.94. The molecule has 0 spiro atoms.